The van der Waals surface area contributed by atoms with Gasteiger partial charge in [-0.05, 0) is 37.8 Å². The number of para-hydroxylation sites is 1. The summed E-state index contributed by atoms with van der Waals surface area (Å²) < 4.78 is 11.4. The number of rotatable bonds is 3. The molecule has 1 aromatic carbocycles. The van der Waals surface area contributed by atoms with Crippen LogP contribution in [0.2, 0.25) is 0 Å². The fraction of sp³-hybridized carbons (Fsp3) is 0.538. The average Bonchev–Trinajstić information content (AvgIpc) is 2.30. The molecule has 16 heavy (non-hydrogen) atoms. The van der Waals surface area contributed by atoms with Crippen molar-refractivity contribution in [1.29, 1.82) is 0 Å². The second kappa shape index (κ2) is 5.21. The molecule has 2 N–H and O–H groups in total. The Labute approximate surface area is 96.5 Å². The number of nitrogen functional groups attached to an aromatic ring is 1. The van der Waals surface area contributed by atoms with E-state index in [4.69, 9.17) is 15.2 Å². The molecule has 1 unspecified atom stereocenters. The Morgan fingerprint density at radius 3 is 3.00 bits per heavy atom. The standard InChI is InChI=1S/C13H19NO2/c1-10-5-4-7-12(14)13(10)16-9-11-6-2-3-8-15-11/h4-5,7,11H,2-3,6,8-9,14H2,1H3. The highest BCUT2D eigenvalue weighted by atomic mass is 16.5. The molecule has 0 radical (unpaired) electrons. The lowest BCUT2D eigenvalue weighted by atomic mass is 10.1. The van der Waals surface area contributed by atoms with E-state index in [9.17, 15) is 0 Å². The summed E-state index contributed by atoms with van der Waals surface area (Å²) in [5, 5.41) is 0. The first-order valence-corrected chi connectivity index (χ1v) is 5.87. The SMILES string of the molecule is Cc1cccc(N)c1OCC1CCCCO1. The largest absolute Gasteiger partial charge is 0.488 e. The number of aryl methyl sites for hydroxylation is 1. The second-order valence-corrected chi connectivity index (χ2v) is 4.29. The van der Waals surface area contributed by atoms with Gasteiger partial charge in [-0.1, -0.05) is 12.1 Å². The zero-order chi connectivity index (χ0) is 11.4. The van der Waals surface area contributed by atoms with Crippen LogP contribution in [0, 0.1) is 6.92 Å². The van der Waals surface area contributed by atoms with Gasteiger partial charge in [0.15, 0.2) is 0 Å². The Kier molecular flexibility index (Phi) is 3.67. The average molecular weight is 221 g/mol. The van der Waals surface area contributed by atoms with E-state index in [1.54, 1.807) is 0 Å². The highest BCUT2D eigenvalue weighted by Gasteiger charge is 2.15. The van der Waals surface area contributed by atoms with Crippen molar-refractivity contribution in [3.05, 3.63) is 23.8 Å². The molecular weight excluding hydrogens is 202 g/mol. The highest BCUT2D eigenvalue weighted by Crippen LogP contribution is 2.26. The number of anilines is 1. The monoisotopic (exact) mass is 221 g/mol. The van der Waals surface area contributed by atoms with E-state index in [2.05, 4.69) is 0 Å². The molecular formula is C13H19NO2. The van der Waals surface area contributed by atoms with E-state index in [1.165, 1.54) is 12.8 Å². The van der Waals surface area contributed by atoms with Crippen LogP contribution in [0.1, 0.15) is 24.8 Å². The molecule has 88 valence electrons. The number of benzene rings is 1. The molecule has 3 nitrogen and oxygen atoms in total. The molecule has 3 heteroatoms. The molecule has 0 spiro atoms. The first kappa shape index (κ1) is 11.3. The third kappa shape index (κ3) is 2.67. The van der Waals surface area contributed by atoms with Crippen LogP contribution in [0.5, 0.6) is 5.75 Å². The zero-order valence-electron chi connectivity index (χ0n) is 9.74. The number of hydrogen-bond acceptors (Lipinski definition) is 3. The molecule has 2 rings (SSSR count). The Bertz CT molecular complexity index is 326. The van der Waals surface area contributed by atoms with Crippen molar-refractivity contribution in [2.24, 2.45) is 0 Å². The Balaban J connectivity index is 1.93. The van der Waals surface area contributed by atoms with E-state index < -0.39 is 0 Å². The molecule has 1 aliphatic heterocycles. The van der Waals surface area contributed by atoms with Gasteiger partial charge in [-0.15, -0.1) is 0 Å². The number of hydrogen-bond donors (Lipinski definition) is 1. The van der Waals surface area contributed by atoms with Gasteiger partial charge in [0.1, 0.15) is 12.4 Å². The van der Waals surface area contributed by atoms with E-state index in [0.29, 0.717) is 12.3 Å². The first-order chi connectivity index (χ1) is 7.77. The third-order valence-electron chi connectivity index (χ3n) is 2.93. The minimum absolute atomic E-state index is 0.229. The van der Waals surface area contributed by atoms with Crippen LogP contribution < -0.4 is 10.5 Å². The Hall–Kier alpha value is -1.22. The summed E-state index contributed by atoms with van der Waals surface area (Å²) in [5.41, 5.74) is 7.66. The molecule has 1 aliphatic rings. The van der Waals surface area contributed by atoms with Gasteiger partial charge in [-0.3, -0.25) is 0 Å². The Morgan fingerprint density at radius 1 is 1.44 bits per heavy atom. The minimum atomic E-state index is 0.229. The van der Waals surface area contributed by atoms with Crippen molar-refractivity contribution >= 4 is 5.69 Å². The third-order valence-corrected chi connectivity index (χ3v) is 2.93. The van der Waals surface area contributed by atoms with Crippen molar-refractivity contribution in [3.63, 3.8) is 0 Å². The predicted molar refractivity (Wildman–Crippen MR) is 64.7 cm³/mol. The summed E-state index contributed by atoms with van der Waals surface area (Å²) in [6.07, 6.45) is 3.72. The molecule has 0 amide bonds. The molecule has 0 aromatic heterocycles. The van der Waals surface area contributed by atoms with Gasteiger partial charge in [-0.25, -0.2) is 0 Å². The first-order valence-electron chi connectivity index (χ1n) is 5.87. The molecule has 0 aliphatic carbocycles. The van der Waals surface area contributed by atoms with Crippen LogP contribution in [0.3, 0.4) is 0 Å². The molecule has 1 fully saturated rings. The zero-order valence-corrected chi connectivity index (χ0v) is 9.74. The van der Waals surface area contributed by atoms with E-state index in [-0.39, 0.29) is 6.10 Å². The van der Waals surface area contributed by atoms with Crippen LogP contribution in [-0.2, 0) is 4.74 Å². The van der Waals surface area contributed by atoms with E-state index >= 15 is 0 Å². The van der Waals surface area contributed by atoms with Crippen molar-refractivity contribution in [2.45, 2.75) is 32.3 Å². The van der Waals surface area contributed by atoms with Crippen LogP contribution in [0.15, 0.2) is 18.2 Å². The summed E-state index contributed by atoms with van der Waals surface area (Å²) in [6.45, 7) is 3.47. The summed E-state index contributed by atoms with van der Waals surface area (Å²) in [6, 6.07) is 5.81. The molecule has 1 atom stereocenters. The predicted octanol–water partition coefficient (Wildman–Crippen LogP) is 2.53. The molecule has 1 aromatic rings. The molecule has 1 saturated heterocycles. The maximum atomic E-state index is 5.87. The maximum Gasteiger partial charge on any atom is 0.145 e. The van der Waals surface area contributed by atoms with Crippen molar-refractivity contribution in [3.8, 4) is 5.75 Å². The van der Waals surface area contributed by atoms with Crippen LogP contribution in [0.25, 0.3) is 0 Å². The van der Waals surface area contributed by atoms with Gasteiger partial charge < -0.3 is 15.2 Å². The Morgan fingerprint density at radius 2 is 2.31 bits per heavy atom. The van der Waals surface area contributed by atoms with Crippen LogP contribution in [-0.4, -0.2) is 19.3 Å². The van der Waals surface area contributed by atoms with Crippen molar-refractivity contribution < 1.29 is 9.47 Å². The summed E-state index contributed by atoms with van der Waals surface area (Å²) >= 11 is 0. The van der Waals surface area contributed by atoms with Gasteiger partial charge in [0.2, 0.25) is 0 Å². The maximum absolute atomic E-state index is 5.87. The second-order valence-electron chi connectivity index (χ2n) is 4.29. The van der Waals surface area contributed by atoms with Crippen LogP contribution >= 0.6 is 0 Å². The molecule has 1 heterocycles. The number of ether oxygens (including phenoxy) is 2. The highest BCUT2D eigenvalue weighted by molar-refractivity contribution is 5.56. The van der Waals surface area contributed by atoms with Gasteiger partial charge in [0, 0.05) is 6.61 Å². The van der Waals surface area contributed by atoms with Gasteiger partial charge >= 0.3 is 0 Å². The number of nitrogens with two attached hydrogens (primary N) is 1. The quantitative estimate of drug-likeness (QED) is 0.798. The normalized spacial score (nSPS) is 20.7. The van der Waals surface area contributed by atoms with Gasteiger partial charge in [-0.2, -0.15) is 0 Å². The van der Waals surface area contributed by atoms with E-state index in [0.717, 1.165) is 24.3 Å². The fourth-order valence-electron chi connectivity index (χ4n) is 1.99. The summed E-state index contributed by atoms with van der Waals surface area (Å²) in [4.78, 5) is 0. The fourth-order valence-corrected chi connectivity index (χ4v) is 1.99. The van der Waals surface area contributed by atoms with Crippen LogP contribution in [0.4, 0.5) is 5.69 Å². The van der Waals surface area contributed by atoms with Gasteiger partial charge in [0.05, 0.1) is 11.8 Å². The van der Waals surface area contributed by atoms with Gasteiger partial charge in [0.25, 0.3) is 0 Å². The van der Waals surface area contributed by atoms with E-state index in [1.807, 2.05) is 25.1 Å². The summed E-state index contributed by atoms with van der Waals surface area (Å²) in [7, 11) is 0. The lowest BCUT2D eigenvalue weighted by molar-refractivity contribution is -0.0110. The lowest BCUT2D eigenvalue weighted by Gasteiger charge is -2.23. The minimum Gasteiger partial charge on any atom is -0.488 e. The van der Waals surface area contributed by atoms with Crippen molar-refractivity contribution in [1.82, 2.24) is 0 Å². The smallest absolute Gasteiger partial charge is 0.145 e. The molecule has 0 saturated carbocycles. The topological polar surface area (TPSA) is 44.5 Å². The van der Waals surface area contributed by atoms with Crippen molar-refractivity contribution in [2.75, 3.05) is 18.9 Å². The lowest BCUT2D eigenvalue weighted by Crippen LogP contribution is -2.26. The molecule has 0 bridgehead atoms. The summed E-state index contributed by atoms with van der Waals surface area (Å²) in [5.74, 6) is 0.802.